The molecule has 1 N–H and O–H groups in total. The van der Waals surface area contributed by atoms with Crippen molar-refractivity contribution in [2.45, 2.75) is 26.4 Å². The highest BCUT2D eigenvalue weighted by molar-refractivity contribution is 6.30. The number of nitrogens with zero attached hydrogens (tertiary/aromatic N) is 6. The number of halogens is 2. The number of nitrogens with one attached hydrogen (secondary N) is 1. The smallest absolute Gasteiger partial charge is 0.269 e. The third-order valence-electron chi connectivity index (χ3n) is 5.42. The van der Waals surface area contributed by atoms with Crippen LogP contribution in [-0.4, -0.2) is 41.0 Å². The second kappa shape index (κ2) is 9.25. The third-order valence-corrected chi connectivity index (χ3v) is 5.93. The maximum Gasteiger partial charge on any atom is 0.269 e. The van der Waals surface area contributed by atoms with Crippen LogP contribution in [0.4, 0.5) is 5.82 Å². The zero-order chi connectivity index (χ0) is 25.4. The molecule has 1 amide bonds. The van der Waals surface area contributed by atoms with Crippen LogP contribution in [0.15, 0.2) is 67.1 Å². The van der Waals surface area contributed by atoms with Crippen LogP contribution in [-0.2, 0) is 4.79 Å². The summed E-state index contributed by atoms with van der Waals surface area (Å²) < 4.78 is 9.17. The minimum atomic E-state index is -1.18. The zero-order valence-corrected chi connectivity index (χ0v) is 21.1. The number of aryl methyl sites for hydroxylation is 1. The van der Waals surface area contributed by atoms with Crippen molar-refractivity contribution in [1.82, 2.24) is 29.5 Å². The Morgan fingerprint density at radius 2 is 1.64 bits per heavy atom. The normalized spacial score (nSPS) is 11.6. The van der Waals surface area contributed by atoms with Gasteiger partial charge in [0.25, 0.3) is 5.91 Å². The molecule has 3 heterocycles. The molecule has 11 heteroatoms. The summed E-state index contributed by atoms with van der Waals surface area (Å²) in [5.74, 6) is 1.07. The fourth-order valence-electron chi connectivity index (χ4n) is 3.63. The van der Waals surface area contributed by atoms with E-state index in [-0.39, 0.29) is 5.91 Å². The molecule has 0 atom stereocenters. The van der Waals surface area contributed by atoms with Gasteiger partial charge in [0.05, 0.1) is 23.0 Å². The highest BCUT2D eigenvalue weighted by Gasteiger charge is 2.31. The quantitative estimate of drug-likeness (QED) is 0.320. The van der Waals surface area contributed by atoms with Gasteiger partial charge in [0.1, 0.15) is 17.9 Å². The lowest BCUT2D eigenvalue weighted by molar-refractivity contribution is -0.128. The van der Waals surface area contributed by atoms with E-state index in [4.69, 9.17) is 27.9 Å². The van der Waals surface area contributed by atoms with Gasteiger partial charge in [-0.2, -0.15) is 14.9 Å². The third kappa shape index (κ3) is 4.62. The molecular formula is C25H21Cl2N7O2. The van der Waals surface area contributed by atoms with Crippen LogP contribution in [0.1, 0.15) is 19.5 Å². The fourth-order valence-corrected chi connectivity index (χ4v) is 3.88. The maximum absolute atomic E-state index is 13.2. The summed E-state index contributed by atoms with van der Waals surface area (Å²) in [5.41, 5.74) is 0.889. The highest BCUT2D eigenvalue weighted by Crippen LogP contribution is 2.26. The van der Waals surface area contributed by atoms with Gasteiger partial charge >= 0.3 is 0 Å². The SMILES string of the molecule is Cc1cc(NC(=O)C(C)(C)Oc2ccc(Cl)cc2)n(-c2ncnc3c2cnn3-c2ccc(Cl)cc2)n1. The van der Waals surface area contributed by atoms with Crippen molar-refractivity contribution in [2.75, 3.05) is 5.32 Å². The molecule has 0 fully saturated rings. The van der Waals surface area contributed by atoms with Crippen LogP contribution in [0, 0.1) is 6.92 Å². The van der Waals surface area contributed by atoms with Gasteiger partial charge < -0.3 is 10.1 Å². The Morgan fingerprint density at radius 3 is 2.33 bits per heavy atom. The molecule has 0 unspecified atom stereocenters. The minimum absolute atomic E-state index is 0.360. The van der Waals surface area contributed by atoms with Crippen molar-refractivity contribution < 1.29 is 9.53 Å². The molecule has 0 saturated carbocycles. The van der Waals surface area contributed by atoms with Gasteiger partial charge in [0.2, 0.25) is 0 Å². The second-order valence-electron chi connectivity index (χ2n) is 8.57. The van der Waals surface area contributed by atoms with Gasteiger partial charge in [-0.05, 0) is 69.3 Å². The van der Waals surface area contributed by atoms with Gasteiger partial charge in [-0.1, -0.05) is 23.2 Å². The number of benzene rings is 2. The van der Waals surface area contributed by atoms with E-state index in [1.165, 1.54) is 6.33 Å². The average Bonchev–Trinajstić information content (AvgIpc) is 3.44. The molecule has 0 aliphatic rings. The van der Waals surface area contributed by atoms with Crippen molar-refractivity contribution in [3.63, 3.8) is 0 Å². The van der Waals surface area contributed by atoms with Crippen LogP contribution in [0.2, 0.25) is 10.0 Å². The maximum atomic E-state index is 13.2. The lowest BCUT2D eigenvalue weighted by atomic mass is 10.1. The van der Waals surface area contributed by atoms with Crippen LogP contribution >= 0.6 is 23.2 Å². The Kier molecular flexibility index (Phi) is 6.11. The number of aromatic nitrogens is 6. The lowest BCUT2D eigenvalue weighted by Gasteiger charge is -2.25. The van der Waals surface area contributed by atoms with Crippen molar-refractivity contribution in [1.29, 1.82) is 0 Å². The topological polar surface area (TPSA) is 99.7 Å². The van der Waals surface area contributed by atoms with E-state index in [0.717, 1.165) is 5.69 Å². The number of amides is 1. The van der Waals surface area contributed by atoms with Crippen LogP contribution in [0.25, 0.3) is 22.5 Å². The predicted molar refractivity (Wildman–Crippen MR) is 138 cm³/mol. The van der Waals surface area contributed by atoms with Crippen molar-refractivity contribution in [3.8, 4) is 17.3 Å². The van der Waals surface area contributed by atoms with Crippen molar-refractivity contribution >= 4 is 46.0 Å². The number of carbonyl (C=O) groups excluding carboxylic acids is 1. The molecule has 0 spiro atoms. The Bertz CT molecular complexity index is 1560. The lowest BCUT2D eigenvalue weighted by Crippen LogP contribution is -2.42. The first kappa shape index (κ1) is 23.8. The molecule has 0 bridgehead atoms. The van der Waals surface area contributed by atoms with Crippen LogP contribution in [0.3, 0.4) is 0 Å². The first-order chi connectivity index (χ1) is 17.2. The number of fused-ring (bicyclic) bond motifs is 1. The minimum Gasteiger partial charge on any atom is -0.478 e. The summed E-state index contributed by atoms with van der Waals surface area (Å²) >= 11 is 12.0. The van der Waals surface area contributed by atoms with Crippen molar-refractivity contribution in [2.24, 2.45) is 0 Å². The first-order valence-corrected chi connectivity index (χ1v) is 11.7. The van der Waals surface area contributed by atoms with E-state index in [1.807, 2.05) is 19.1 Å². The van der Waals surface area contributed by atoms with Crippen LogP contribution < -0.4 is 10.1 Å². The van der Waals surface area contributed by atoms with Gasteiger partial charge in [0.15, 0.2) is 17.1 Å². The summed E-state index contributed by atoms with van der Waals surface area (Å²) in [6.07, 6.45) is 3.09. The number of carbonyl (C=O) groups is 1. The molecule has 3 aromatic heterocycles. The van der Waals surface area contributed by atoms with Gasteiger partial charge in [-0.25, -0.2) is 14.6 Å². The summed E-state index contributed by atoms with van der Waals surface area (Å²) in [5, 5.41) is 13.8. The number of anilines is 1. The Labute approximate surface area is 216 Å². The van der Waals surface area contributed by atoms with Gasteiger partial charge in [-0.15, -0.1) is 0 Å². The van der Waals surface area contributed by atoms with E-state index >= 15 is 0 Å². The molecule has 0 radical (unpaired) electrons. The standard InChI is InChI=1S/C25H21Cl2N7O2/c1-15-12-21(31-24(35)25(2,3)36-19-10-6-17(27)7-11-19)34(32-15)23-20-13-30-33(22(20)28-14-29-23)18-8-4-16(26)5-9-18/h4-14H,1-3H3,(H,31,35). The second-order valence-corrected chi connectivity index (χ2v) is 9.44. The summed E-state index contributed by atoms with van der Waals surface area (Å²) in [7, 11) is 0. The summed E-state index contributed by atoms with van der Waals surface area (Å²) in [6, 6.07) is 15.8. The monoisotopic (exact) mass is 521 g/mol. The molecule has 5 rings (SSSR count). The Balaban J connectivity index is 1.47. The molecule has 0 aliphatic carbocycles. The molecule has 2 aromatic carbocycles. The van der Waals surface area contributed by atoms with E-state index in [2.05, 4.69) is 25.5 Å². The molecule has 5 aromatic rings. The van der Waals surface area contributed by atoms with E-state index in [9.17, 15) is 4.79 Å². The van der Waals surface area contributed by atoms with E-state index in [1.54, 1.807) is 71.9 Å². The summed E-state index contributed by atoms with van der Waals surface area (Å²) in [4.78, 5) is 22.1. The van der Waals surface area contributed by atoms with Gasteiger partial charge in [-0.3, -0.25) is 4.79 Å². The Morgan fingerprint density at radius 1 is 0.972 bits per heavy atom. The molecular weight excluding hydrogens is 501 g/mol. The number of ether oxygens (including phenoxy) is 1. The number of hydrogen-bond acceptors (Lipinski definition) is 6. The number of rotatable bonds is 6. The Hall–Kier alpha value is -3.95. The molecule has 9 nitrogen and oxygen atoms in total. The van der Waals surface area contributed by atoms with E-state index in [0.29, 0.717) is 44.2 Å². The largest absolute Gasteiger partial charge is 0.478 e. The highest BCUT2D eigenvalue weighted by atomic mass is 35.5. The van der Waals surface area contributed by atoms with Crippen molar-refractivity contribution in [3.05, 3.63) is 82.9 Å². The summed E-state index contributed by atoms with van der Waals surface area (Å²) in [6.45, 7) is 5.20. The predicted octanol–water partition coefficient (Wildman–Crippen LogP) is 5.41. The zero-order valence-electron chi connectivity index (χ0n) is 19.6. The molecule has 36 heavy (non-hydrogen) atoms. The first-order valence-electron chi connectivity index (χ1n) is 11.0. The number of hydrogen-bond donors (Lipinski definition) is 1. The average molecular weight is 522 g/mol. The fraction of sp³-hybridized carbons (Fsp3) is 0.160. The van der Waals surface area contributed by atoms with Gasteiger partial charge in [0, 0.05) is 16.1 Å². The molecule has 182 valence electrons. The van der Waals surface area contributed by atoms with E-state index < -0.39 is 5.60 Å². The van der Waals surface area contributed by atoms with Crippen LogP contribution in [0.5, 0.6) is 5.75 Å². The molecule has 0 saturated heterocycles. The molecule has 0 aliphatic heterocycles.